The van der Waals surface area contributed by atoms with Crippen LogP contribution in [0.2, 0.25) is 0 Å². The number of hydrogen-bond donors (Lipinski definition) is 1. The molecule has 2 nitrogen and oxygen atoms in total. The predicted molar refractivity (Wildman–Crippen MR) is 58.3 cm³/mol. The minimum atomic E-state index is 1.05. The van der Waals surface area contributed by atoms with Crippen molar-refractivity contribution in [3.63, 3.8) is 0 Å². The minimum absolute atomic E-state index is 1.05. The van der Waals surface area contributed by atoms with E-state index in [-0.39, 0.29) is 0 Å². The summed E-state index contributed by atoms with van der Waals surface area (Å²) in [6, 6.07) is 10.4. The summed E-state index contributed by atoms with van der Waals surface area (Å²) in [5, 5.41) is 2.47. The topological polar surface area (TPSA) is 28.7 Å². The van der Waals surface area contributed by atoms with E-state index in [4.69, 9.17) is 0 Å². The third-order valence-electron chi connectivity index (χ3n) is 2.52. The SMILES string of the molecule is Cc1cc2c(ccc3ncccc32)[nH]1. The van der Waals surface area contributed by atoms with Crippen molar-refractivity contribution >= 4 is 21.8 Å². The highest BCUT2D eigenvalue weighted by Crippen LogP contribution is 2.23. The first-order chi connectivity index (χ1) is 6.84. The molecule has 3 aromatic rings. The molecule has 0 atom stereocenters. The van der Waals surface area contributed by atoms with E-state index in [0.717, 1.165) is 5.52 Å². The zero-order valence-corrected chi connectivity index (χ0v) is 7.91. The molecule has 0 unspecified atom stereocenters. The number of hydrogen-bond acceptors (Lipinski definition) is 1. The maximum Gasteiger partial charge on any atom is 0.0709 e. The van der Waals surface area contributed by atoms with E-state index in [1.807, 2.05) is 18.3 Å². The maximum atomic E-state index is 4.33. The van der Waals surface area contributed by atoms with Gasteiger partial charge < -0.3 is 4.98 Å². The number of nitrogens with one attached hydrogen (secondary N) is 1. The lowest BCUT2D eigenvalue weighted by molar-refractivity contribution is 1.30. The molecule has 3 rings (SSSR count). The third-order valence-corrected chi connectivity index (χ3v) is 2.52. The molecule has 0 spiro atoms. The number of benzene rings is 1. The van der Waals surface area contributed by atoms with Gasteiger partial charge in [-0.3, -0.25) is 4.98 Å². The molecule has 14 heavy (non-hydrogen) atoms. The molecule has 1 N–H and O–H groups in total. The molecule has 68 valence electrons. The van der Waals surface area contributed by atoms with E-state index < -0.39 is 0 Å². The standard InChI is InChI=1S/C12H10N2/c1-8-7-10-9-3-2-6-13-11(9)4-5-12(10)14-8/h2-7,14H,1H3. The normalized spacial score (nSPS) is 11.2. The first-order valence-corrected chi connectivity index (χ1v) is 4.68. The van der Waals surface area contributed by atoms with Crippen LogP contribution < -0.4 is 0 Å². The van der Waals surface area contributed by atoms with Crippen molar-refractivity contribution in [3.8, 4) is 0 Å². The Morgan fingerprint density at radius 3 is 3.00 bits per heavy atom. The fraction of sp³-hybridized carbons (Fsp3) is 0.0833. The van der Waals surface area contributed by atoms with E-state index in [1.165, 1.54) is 22.0 Å². The Morgan fingerprint density at radius 1 is 1.14 bits per heavy atom. The highest BCUT2D eigenvalue weighted by atomic mass is 14.7. The summed E-state index contributed by atoms with van der Waals surface area (Å²) in [7, 11) is 0. The van der Waals surface area contributed by atoms with Crippen LogP contribution in [0.1, 0.15) is 5.69 Å². The van der Waals surface area contributed by atoms with Gasteiger partial charge in [0, 0.05) is 28.2 Å². The number of rotatable bonds is 0. The predicted octanol–water partition coefficient (Wildman–Crippen LogP) is 3.02. The van der Waals surface area contributed by atoms with Crippen LogP contribution in [-0.2, 0) is 0 Å². The van der Waals surface area contributed by atoms with Crippen LogP contribution in [0, 0.1) is 6.92 Å². The number of pyridine rings is 1. The van der Waals surface area contributed by atoms with Crippen molar-refractivity contribution < 1.29 is 0 Å². The van der Waals surface area contributed by atoms with Gasteiger partial charge in [0.15, 0.2) is 0 Å². The summed E-state index contributed by atoms with van der Waals surface area (Å²) in [6.07, 6.45) is 1.83. The number of fused-ring (bicyclic) bond motifs is 3. The van der Waals surface area contributed by atoms with E-state index >= 15 is 0 Å². The first-order valence-electron chi connectivity index (χ1n) is 4.68. The van der Waals surface area contributed by atoms with Crippen molar-refractivity contribution in [2.24, 2.45) is 0 Å². The lowest BCUT2D eigenvalue weighted by Gasteiger charge is -1.96. The highest BCUT2D eigenvalue weighted by Gasteiger charge is 2.02. The van der Waals surface area contributed by atoms with Gasteiger partial charge in [-0.05, 0) is 31.2 Å². The molecule has 0 aliphatic rings. The number of aryl methyl sites for hydroxylation is 1. The summed E-state index contributed by atoms with van der Waals surface area (Å²) in [4.78, 5) is 7.65. The van der Waals surface area contributed by atoms with Gasteiger partial charge in [-0.2, -0.15) is 0 Å². The highest BCUT2D eigenvalue weighted by molar-refractivity contribution is 6.05. The molecule has 0 aliphatic heterocycles. The number of nitrogens with zero attached hydrogens (tertiary/aromatic N) is 1. The van der Waals surface area contributed by atoms with Crippen molar-refractivity contribution in [3.05, 3.63) is 42.2 Å². The summed E-state index contributed by atoms with van der Waals surface area (Å²) in [5.41, 5.74) is 3.43. The molecule has 0 radical (unpaired) electrons. The summed E-state index contributed by atoms with van der Waals surface area (Å²) >= 11 is 0. The maximum absolute atomic E-state index is 4.33. The first kappa shape index (κ1) is 7.56. The Morgan fingerprint density at radius 2 is 2.07 bits per heavy atom. The molecular weight excluding hydrogens is 172 g/mol. The number of aromatic nitrogens is 2. The molecule has 2 heteroatoms. The lowest BCUT2D eigenvalue weighted by atomic mass is 10.1. The van der Waals surface area contributed by atoms with Gasteiger partial charge in [0.05, 0.1) is 5.52 Å². The van der Waals surface area contributed by atoms with Crippen LogP contribution in [0.3, 0.4) is 0 Å². The second-order valence-corrected chi connectivity index (χ2v) is 3.55. The molecule has 0 aliphatic carbocycles. The van der Waals surface area contributed by atoms with Crippen molar-refractivity contribution in [1.82, 2.24) is 9.97 Å². The molecule has 0 bridgehead atoms. The van der Waals surface area contributed by atoms with Gasteiger partial charge in [-0.15, -0.1) is 0 Å². The van der Waals surface area contributed by atoms with Crippen LogP contribution in [0.15, 0.2) is 36.5 Å². The van der Waals surface area contributed by atoms with Gasteiger partial charge in [-0.25, -0.2) is 0 Å². The largest absolute Gasteiger partial charge is 0.359 e. The Balaban J connectivity index is 2.60. The smallest absolute Gasteiger partial charge is 0.0709 e. The van der Waals surface area contributed by atoms with Gasteiger partial charge in [0.25, 0.3) is 0 Å². The Hall–Kier alpha value is -1.83. The summed E-state index contributed by atoms with van der Waals surface area (Å²) in [5.74, 6) is 0. The second-order valence-electron chi connectivity index (χ2n) is 3.55. The van der Waals surface area contributed by atoms with Crippen LogP contribution in [-0.4, -0.2) is 9.97 Å². The average Bonchev–Trinajstić information content (AvgIpc) is 2.59. The fourth-order valence-corrected chi connectivity index (χ4v) is 1.90. The zero-order valence-electron chi connectivity index (χ0n) is 7.91. The van der Waals surface area contributed by atoms with E-state index in [9.17, 15) is 0 Å². The van der Waals surface area contributed by atoms with Gasteiger partial charge >= 0.3 is 0 Å². The van der Waals surface area contributed by atoms with Gasteiger partial charge in [0.2, 0.25) is 0 Å². The third kappa shape index (κ3) is 0.940. The molecule has 0 fully saturated rings. The molecule has 2 aromatic heterocycles. The van der Waals surface area contributed by atoms with Crippen molar-refractivity contribution in [1.29, 1.82) is 0 Å². The minimum Gasteiger partial charge on any atom is -0.359 e. The molecule has 0 saturated carbocycles. The monoisotopic (exact) mass is 182 g/mol. The zero-order chi connectivity index (χ0) is 9.54. The van der Waals surface area contributed by atoms with Crippen LogP contribution >= 0.6 is 0 Å². The van der Waals surface area contributed by atoms with Crippen molar-refractivity contribution in [2.75, 3.05) is 0 Å². The summed E-state index contributed by atoms with van der Waals surface area (Å²) < 4.78 is 0. The molecule has 1 aromatic carbocycles. The fourth-order valence-electron chi connectivity index (χ4n) is 1.90. The van der Waals surface area contributed by atoms with E-state index in [0.29, 0.717) is 0 Å². The Kier molecular flexibility index (Phi) is 1.39. The number of H-pyrrole nitrogens is 1. The van der Waals surface area contributed by atoms with Gasteiger partial charge in [-0.1, -0.05) is 6.07 Å². The molecule has 0 amide bonds. The molecular formula is C12H10N2. The average molecular weight is 182 g/mol. The lowest BCUT2D eigenvalue weighted by Crippen LogP contribution is -1.77. The molecule has 2 heterocycles. The Labute approximate surface area is 81.6 Å². The quantitative estimate of drug-likeness (QED) is 0.568. The van der Waals surface area contributed by atoms with Gasteiger partial charge in [0.1, 0.15) is 0 Å². The number of aromatic amines is 1. The Bertz CT molecular complexity index is 608. The van der Waals surface area contributed by atoms with E-state index in [2.05, 4.69) is 35.1 Å². The summed E-state index contributed by atoms with van der Waals surface area (Å²) in [6.45, 7) is 2.07. The van der Waals surface area contributed by atoms with Crippen LogP contribution in [0.5, 0.6) is 0 Å². The van der Waals surface area contributed by atoms with Crippen LogP contribution in [0.25, 0.3) is 21.8 Å². The second kappa shape index (κ2) is 2.58. The van der Waals surface area contributed by atoms with E-state index in [1.54, 1.807) is 0 Å². The van der Waals surface area contributed by atoms with Crippen molar-refractivity contribution in [2.45, 2.75) is 6.92 Å². The van der Waals surface area contributed by atoms with Crippen LogP contribution in [0.4, 0.5) is 0 Å². The molecule has 0 saturated heterocycles.